The SMILES string of the molecule is COc1ccc(Cl)cc1NC(=O)CN(C)c1ccc(Br)cc1[N+](=O)[O-]. The van der Waals surface area contributed by atoms with Gasteiger partial charge in [-0.15, -0.1) is 0 Å². The van der Waals surface area contributed by atoms with Crippen molar-refractivity contribution in [1.29, 1.82) is 0 Å². The van der Waals surface area contributed by atoms with Crippen LogP contribution in [-0.4, -0.2) is 31.5 Å². The predicted molar refractivity (Wildman–Crippen MR) is 101 cm³/mol. The highest BCUT2D eigenvalue weighted by molar-refractivity contribution is 9.10. The fourth-order valence-corrected chi connectivity index (χ4v) is 2.75. The van der Waals surface area contributed by atoms with Crippen LogP contribution in [0, 0.1) is 10.1 Å². The molecule has 1 amide bonds. The number of nitro groups is 1. The topological polar surface area (TPSA) is 84.7 Å². The minimum Gasteiger partial charge on any atom is -0.495 e. The average Bonchev–Trinajstić information content (AvgIpc) is 2.54. The number of carbonyl (C=O) groups excluding carboxylic acids is 1. The molecule has 25 heavy (non-hydrogen) atoms. The third-order valence-corrected chi connectivity index (χ3v) is 4.09. The van der Waals surface area contributed by atoms with Gasteiger partial charge in [0.05, 0.1) is 24.3 Å². The maximum atomic E-state index is 12.3. The summed E-state index contributed by atoms with van der Waals surface area (Å²) in [5.41, 5.74) is 0.671. The minimum atomic E-state index is -0.492. The Labute approximate surface area is 157 Å². The molecule has 0 aromatic heterocycles. The molecular weight excluding hydrogens is 414 g/mol. The molecule has 0 saturated carbocycles. The van der Waals surface area contributed by atoms with E-state index in [9.17, 15) is 14.9 Å². The highest BCUT2D eigenvalue weighted by atomic mass is 79.9. The van der Waals surface area contributed by atoms with E-state index >= 15 is 0 Å². The number of nitro benzene ring substituents is 1. The van der Waals surface area contributed by atoms with Crippen LogP contribution < -0.4 is 15.0 Å². The van der Waals surface area contributed by atoms with Gasteiger partial charge in [-0.1, -0.05) is 27.5 Å². The van der Waals surface area contributed by atoms with Gasteiger partial charge in [0, 0.05) is 22.6 Å². The molecule has 0 heterocycles. The second-order valence-electron chi connectivity index (χ2n) is 5.14. The van der Waals surface area contributed by atoms with Crippen LogP contribution in [0.3, 0.4) is 0 Å². The third kappa shape index (κ3) is 4.83. The summed E-state index contributed by atoms with van der Waals surface area (Å²) < 4.78 is 5.76. The molecule has 0 unspecified atom stereocenters. The summed E-state index contributed by atoms with van der Waals surface area (Å²) in [6, 6.07) is 9.50. The van der Waals surface area contributed by atoms with Gasteiger partial charge in [0.1, 0.15) is 11.4 Å². The predicted octanol–water partition coefficient (Wildman–Crippen LogP) is 4.09. The minimum absolute atomic E-state index is 0.0852. The molecule has 9 heteroatoms. The highest BCUT2D eigenvalue weighted by Gasteiger charge is 2.19. The second-order valence-corrected chi connectivity index (χ2v) is 6.49. The first kappa shape index (κ1) is 19.0. The number of hydrogen-bond donors (Lipinski definition) is 1. The average molecular weight is 429 g/mol. The van der Waals surface area contributed by atoms with Crippen molar-refractivity contribution < 1.29 is 14.5 Å². The lowest BCUT2D eigenvalue weighted by molar-refractivity contribution is -0.384. The number of amides is 1. The van der Waals surface area contributed by atoms with E-state index < -0.39 is 4.92 Å². The summed E-state index contributed by atoms with van der Waals surface area (Å²) in [6.07, 6.45) is 0. The van der Waals surface area contributed by atoms with E-state index in [1.807, 2.05) is 0 Å². The zero-order valence-corrected chi connectivity index (χ0v) is 15.8. The van der Waals surface area contributed by atoms with E-state index in [0.717, 1.165) is 0 Å². The van der Waals surface area contributed by atoms with Crippen LogP contribution in [-0.2, 0) is 4.79 Å². The number of hydrogen-bond acceptors (Lipinski definition) is 5. The van der Waals surface area contributed by atoms with Crippen molar-refractivity contribution in [3.63, 3.8) is 0 Å². The second kappa shape index (κ2) is 8.17. The van der Waals surface area contributed by atoms with E-state index in [1.165, 1.54) is 18.1 Å². The smallest absolute Gasteiger partial charge is 0.293 e. The Morgan fingerprint density at radius 2 is 2.08 bits per heavy atom. The molecule has 7 nitrogen and oxygen atoms in total. The zero-order valence-electron chi connectivity index (χ0n) is 13.5. The molecule has 0 saturated heterocycles. The monoisotopic (exact) mass is 427 g/mol. The Morgan fingerprint density at radius 3 is 2.72 bits per heavy atom. The van der Waals surface area contributed by atoms with Crippen molar-refractivity contribution in [1.82, 2.24) is 0 Å². The third-order valence-electron chi connectivity index (χ3n) is 3.36. The molecule has 2 aromatic rings. The molecule has 132 valence electrons. The van der Waals surface area contributed by atoms with Crippen molar-refractivity contribution >= 4 is 50.5 Å². The number of ether oxygens (including phenoxy) is 1. The maximum Gasteiger partial charge on any atom is 0.293 e. The van der Waals surface area contributed by atoms with Crippen LogP contribution >= 0.6 is 27.5 Å². The Hall–Kier alpha value is -2.32. The van der Waals surface area contributed by atoms with Gasteiger partial charge in [-0.05, 0) is 30.3 Å². The van der Waals surface area contributed by atoms with E-state index in [4.69, 9.17) is 16.3 Å². The number of nitrogens with one attached hydrogen (secondary N) is 1. The van der Waals surface area contributed by atoms with Gasteiger partial charge in [0.25, 0.3) is 5.69 Å². The number of benzene rings is 2. The summed E-state index contributed by atoms with van der Waals surface area (Å²) >= 11 is 9.14. The molecule has 0 aliphatic heterocycles. The number of nitrogens with zero attached hydrogens (tertiary/aromatic N) is 2. The first-order valence-corrected chi connectivity index (χ1v) is 8.27. The fraction of sp³-hybridized carbons (Fsp3) is 0.188. The molecule has 0 aliphatic rings. The Kier molecular flexibility index (Phi) is 6.22. The quantitative estimate of drug-likeness (QED) is 0.553. The standard InChI is InChI=1S/C16H15BrClN3O4/c1-20(13-5-3-10(17)7-14(13)21(23)24)9-16(22)19-12-8-11(18)4-6-15(12)25-2/h3-8H,9H2,1-2H3,(H,19,22). The molecule has 0 radical (unpaired) electrons. The van der Waals surface area contributed by atoms with Crippen molar-refractivity contribution in [2.45, 2.75) is 0 Å². The first-order chi connectivity index (χ1) is 11.8. The van der Waals surface area contributed by atoms with Crippen molar-refractivity contribution in [2.75, 3.05) is 30.9 Å². The number of carbonyl (C=O) groups is 1. The summed E-state index contributed by atoms with van der Waals surface area (Å²) in [5, 5.41) is 14.3. The lowest BCUT2D eigenvalue weighted by Crippen LogP contribution is -2.30. The number of rotatable bonds is 6. The first-order valence-electron chi connectivity index (χ1n) is 7.10. The van der Waals surface area contributed by atoms with E-state index in [-0.39, 0.29) is 18.1 Å². The summed E-state index contributed by atoms with van der Waals surface area (Å²) in [5.74, 6) is 0.107. The molecule has 2 aromatic carbocycles. The number of anilines is 2. The van der Waals surface area contributed by atoms with E-state index in [2.05, 4.69) is 21.2 Å². The Balaban J connectivity index is 2.16. The number of halogens is 2. The Bertz CT molecular complexity index is 816. The lowest BCUT2D eigenvalue weighted by Gasteiger charge is -2.19. The van der Waals surface area contributed by atoms with Gasteiger partial charge in [0.2, 0.25) is 5.91 Å². The molecule has 0 bridgehead atoms. The number of methoxy groups -OCH3 is 1. The van der Waals surface area contributed by atoms with Gasteiger partial charge < -0.3 is 15.0 Å². The number of likely N-dealkylation sites (N-methyl/N-ethyl adjacent to an activating group) is 1. The fourth-order valence-electron chi connectivity index (χ4n) is 2.23. The summed E-state index contributed by atoms with van der Waals surface area (Å²) in [6.45, 7) is -0.0852. The van der Waals surface area contributed by atoms with Crippen LogP contribution in [0.4, 0.5) is 17.1 Å². The van der Waals surface area contributed by atoms with E-state index in [0.29, 0.717) is 26.6 Å². The molecular formula is C16H15BrClN3O4. The van der Waals surface area contributed by atoms with Gasteiger partial charge in [-0.25, -0.2) is 0 Å². The van der Waals surface area contributed by atoms with Crippen LogP contribution in [0.1, 0.15) is 0 Å². The normalized spacial score (nSPS) is 10.2. The lowest BCUT2D eigenvalue weighted by atomic mass is 10.2. The van der Waals surface area contributed by atoms with Crippen molar-refractivity contribution in [3.8, 4) is 5.75 Å². The largest absolute Gasteiger partial charge is 0.495 e. The maximum absolute atomic E-state index is 12.3. The molecule has 2 rings (SSSR count). The highest BCUT2D eigenvalue weighted by Crippen LogP contribution is 2.31. The zero-order chi connectivity index (χ0) is 18.6. The van der Waals surface area contributed by atoms with E-state index in [1.54, 1.807) is 37.4 Å². The van der Waals surface area contributed by atoms with Crippen LogP contribution in [0.25, 0.3) is 0 Å². The Morgan fingerprint density at radius 1 is 1.36 bits per heavy atom. The van der Waals surface area contributed by atoms with Gasteiger partial charge in [0.15, 0.2) is 0 Å². The van der Waals surface area contributed by atoms with Crippen LogP contribution in [0.5, 0.6) is 5.75 Å². The molecule has 1 N–H and O–H groups in total. The molecule has 0 spiro atoms. The molecule has 0 atom stereocenters. The van der Waals surface area contributed by atoms with Gasteiger partial charge in [-0.2, -0.15) is 0 Å². The van der Waals surface area contributed by atoms with Crippen molar-refractivity contribution in [3.05, 3.63) is 56.0 Å². The van der Waals surface area contributed by atoms with Crippen molar-refractivity contribution in [2.24, 2.45) is 0 Å². The summed E-state index contributed by atoms with van der Waals surface area (Å²) in [4.78, 5) is 24.5. The van der Waals surface area contributed by atoms with Crippen LogP contribution in [0.2, 0.25) is 5.02 Å². The summed E-state index contributed by atoms with van der Waals surface area (Å²) in [7, 11) is 3.08. The van der Waals surface area contributed by atoms with Gasteiger partial charge >= 0.3 is 0 Å². The van der Waals surface area contributed by atoms with Crippen LogP contribution in [0.15, 0.2) is 40.9 Å². The molecule has 0 aliphatic carbocycles. The van der Waals surface area contributed by atoms with Gasteiger partial charge in [-0.3, -0.25) is 14.9 Å². The molecule has 0 fully saturated rings.